The van der Waals surface area contributed by atoms with Gasteiger partial charge in [-0.3, -0.25) is 0 Å². The summed E-state index contributed by atoms with van der Waals surface area (Å²) in [5.41, 5.74) is 6.49. The Bertz CT molecular complexity index is 409. The van der Waals surface area contributed by atoms with Crippen LogP contribution in [0, 0.1) is 17.6 Å². The Balaban J connectivity index is 2.16. The van der Waals surface area contributed by atoms with Crippen molar-refractivity contribution >= 4 is 5.69 Å². The van der Waals surface area contributed by atoms with E-state index in [0.29, 0.717) is 18.2 Å². The predicted molar refractivity (Wildman–Crippen MR) is 69.6 cm³/mol. The smallest absolute Gasteiger partial charge is 0.149 e. The van der Waals surface area contributed by atoms with Gasteiger partial charge in [-0.15, -0.1) is 0 Å². The van der Waals surface area contributed by atoms with Gasteiger partial charge in [0.1, 0.15) is 11.6 Å². The monoisotopic (exact) mass is 254 g/mol. The van der Waals surface area contributed by atoms with Crippen molar-refractivity contribution in [2.75, 3.05) is 18.0 Å². The number of anilines is 1. The lowest BCUT2D eigenvalue weighted by atomic mass is 9.90. The van der Waals surface area contributed by atoms with Gasteiger partial charge in [0.25, 0.3) is 0 Å². The van der Waals surface area contributed by atoms with Gasteiger partial charge in [-0.25, -0.2) is 8.78 Å². The van der Waals surface area contributed by atoms with Crippen molar-refractivity contribution in [2.45, 2.75) is 32.2 Å². The zero-order chi connectivity index (χ0) is 13.1. The quantitative estimate of drug-likeness (QED) is 0.898. The maximum absolute atomic E-state index is 13.8. The lowest BCUT2D eigenvalue weighted by molar-refractivity contribution is 0.353. The number of nitrogens with zero attached hydrogens (tertiary/aromatic N) is 1. The van der Waals surface area contributed by atoms with Crippen molar-refractivity contribution in [3.8, 4) is 0 Å². The first kappa shape index (κ1) is 13.3. The molecule has 1 aromatic carbocycles. The van der Waals surface area contributed by atoms with Gasteiger partial charge in [0.2, 0.25) is 0 Å². The first-order valence-corrected chi connectivity index (χ1v) is 6.55. The Kier molecular flexibility index (Phi) is 4.17. The van der Waals surface area contributed by atoms with E-state index in [-0.39, 0.29) is 6.04 Å². The largest absolute Gasteiger partial charge is 0.367 e. The Labute approximate surface area is 107 Å². The number of piperidine rings is 1. The van der Waals surface area contributed by atoms with E-state index in [9.17, 15) is 8.78 Å². The van der Waals surface area contributed by atoms with Crippen LogP contribution in [0.25, 0.3) is 0 Å². The number of nitrogens with two attached hydrogens (primary N) is 1. The molecule has 1 aromatic rings. The normalized spacial score (nSPS) is 24.3. The van der Waals surface area contributed by atoms with Crippen molar-refractivity contribution in [1.82, 2.24) is 0 Å². The number of halogens is 2. The zero-order valence-electron chi connectivity index (χ0n) is 10.7. The third-order valence-electron chi connectivity index (χ3n) is 3.52. The highest BCUT2D eigenvalue weighted by molar-refractivity contribution is 5.48. The fourth-order valence-corrected chi connectivity index (χ4v) is 2.80. The maximum Gasteiger partial charge on any atom is 0.149 e. The van der Waals surface area contributed by atoms with Gasteiger partial charge in [-0.1, -0.05) is 13.3 Å². The molecule has 1 heterocycles. The second-order valence-corrected chi connectivity index (χ2v) is 5.15. The van der Waals surface area contributed by atoms with E-state index in [2.05, 4.69) is 6.92 Å². The first-order valence-electron chi connectivity index (χ1n) is 6.55. The summed E-state index contributed by atoms with van der Waals surface area (Å²) in [5, 5.41) is 0. The van der Waals surface area contributed by atoms with E-state index in [4.69, 9.17) is 5.73 Å². The fourth-order valence-electron chi connectivity index (χ4n) is 2.80. The second-order valence-electron chi connectivity index (χ2n) is 5.15. The van der Waals surface area contributed by atoms with Gasteiger partial charge >= 0.3 is 0 Å². The minimum Gasteiger partial charge on any atom is -0.367 e. The fraction of sp³-hybridized carbons (Fsp3) is 0.571. The van der Waals surface area contributed by atoms with Gasteiger partial charge in [-0.2, -0.15) is 0 Å². The minimum atomic E-state index is -0.539. The van der Waals surface area contributed by atoms with Crippen LogP contribution in [0.3, 0.4) is 0 Å². The van der Waals surface area contributed by atoms with Gasteiger partial charge < -0.3 is 10.6 Å². The van der Waals surface area contributed by atoms with Crippen molar-refractivity contribution in [3.05, 3.63) is 29.8 Å². The second kappa shape index (κ2) is 5.65. The van der Waals surface area contributed by atoms with Crippen molar-refractivity contribution in [1.29, 1.82) is 0 Å². The zero-order valence-corrected chi connectivity index (χ0v) is 10.7. The van der Waals surface area contributed by atoms with Crippen LogP contribution < -0.4 is 10.6 Å². The average molecular weight is 254 g/mol. The molecule has 1 fully saturated rings. The van der Waals surface area contributed by atoms with Crippen molar-refractivity contribution < 1.29 is 8.78 Å². The molecule has 100 valence electrons. The molecule has 0 aliphatic carbocycles. The summed E-state index contributed by atoms with van der Waals surface area (Å²) in [7, 11) is 0. The number of rotatable bonds is 3. The summed E-state index contributed by atoms with van der Waals surface area (Å²) in [6.45, 7) is 3.59. The summed E-state index contributed by atoms with van der Waals surface area (Å²) in [5.74, 6) is -0.537. The molecule has 2 N–H and O–H groups in total. The molecule has 1 aliphatic rings. The molecule has 0 bridgehead atoms. The maximum atomic E-state index is 13.8. The molecule has 2 unspecified atom stereocenters. The van der Waals surface area contributed by atoms with E-state index in [1.54, 1.807) is 0 Å². The lowest BCUT2D eigenvalue weighted by Crippen LogP contribution is -2.47. The Morgan fingerprint density at radius 2 is 2.11 bits per heavy atom. The van der Waals surface area contributed by atoms with Crippen LogP contribution in [0.5, 0.6) is 0 Å². The van der Waals surface area contributed by atoms with Crippen LogP contribution in [0.4, 0.5) is 14.5 Å². The Morgan fingerprint density at radius 3 is 2.78 bits per heavy atom. The molecule has 1 aliphatic heterocycles. The summed E-state index contributed by atoms with van der Waals surface area (Å²) in [6, 6.07) is 3.81. The molecule has 18 heavy (non-hydrogen) atoms. The molecular weight excluding hydrogens is 234 g/mol. The molecule has 0 spiro atoms. The summed E-state index contributed by atoms with van der Waals surface area (Å²) >= 11 is 0. The molecule has 0 saturated carbocycles. The van der Waals surface area contributed by atoms with Gasteiger partial charge in [0.15, 0.2) is 0 Å². The van der Waals surface area contributed by atoms with Gasteiger partial charge in [0.05, 0.1) is 5.69 Å². The first-order chi connectivity index (χ1) is 8.60. The Morgan fingerprint density at radius 1 is 1.33 bits per heavy atom. The van der Waals surface area contributed by atoms with Crippen molar-refractivity contribution in [2.24, 2.45) is 11.7 Å². The Hall–Kier alpha value is -1.16. The summed E-state index contributed by atoms with van der Waals surface area (Å²) in [6.07, 6.45) is 3.21. The van der Waals surface area contributed by atoms with E-state index in [1.807, 2.05) is 4.90 Å². The molecular formula is C14H20F2N2. The number of hydrogen-bond donors (Lipinski definition) is 1. The molecule has 0 amide bonds. The molecule has 2 atom stereocenters. The van der Waals surface area contributed by atoms with Crippen LogP contribution in [0.1, 0.15) is 26.2 Å². The summed E-state index contributed by atoms with van der Waals surface area (Å²) in [4.78, 5) is 1.95. The van der Waals surface area contributed by atoms with Crippen LogP contribution in [-0.2, 0) is 0 Å². The van der Waals surface area contributed by atoms with Crippen LogP contribution >= 0.6 is 0 Å². The highest BCUT2D eigenvalue weighted by Crippen LogP contribution is 2.27. The van der Waals surface area contributed by atoms with Crippen LogP contribution in [-0.4, -0.2) is 19.1 Å². The molecule has 0 aromatic heterocycles. The standard InChI is InChI=1S/C14H20F2N2/c1-2-3-10-6-12(17)9-18(8-10)14-5-4-11(15)7-13(14)16/h4-5,7,10,12H,2-3,6,8-9,17H2,1H3. The lowest BCUT2D eigenvalue weighted by Gasteiger charge is -2.38. The van der Waals surface area contributed by atoms with Gasteiger partial charge in [0, 0.05) is 25.2 Å². The average Bonchev–Trinajstić information content (AvgIpc) is 2.28. The topological polar surface area (TPSA) is 29.3 Å². The van der Waals surface area contributed by atoms with E-state index in [1.165, 1.54) is 12.1 Å². The number of benzene rings is 1. The highest BCUT2D eigenvalue weighted by Gasteiger charge is 2.26. The predicted octanol–water partition coefficient (Wildman–Crippen LogP) is 2.92. The highest BCUT2D eigenvalue weighted by atomic mass is 19.1. The van der Waals surface area contributed by atoms with E-state index < -0.39 is 11.6 Å². The van der Waals surface area contributed by atoms with E-state index >= 15 is 0 Å². The third-order valence-corrected chi connectivity index (χ3v) is 3.52. The van der Waals surface area contributed by atoms with Crippen LogP contribution in [0.2, 0.25) is 0 Å². The number of hydrogen-bond acceptors (Lipinski definition) is 2. The minimum absolute atomic E-state index is 0.0692. The molecule has 2 nitrogen and oxygen atoms in total. The molecule has 2 rings (SSSR count). The van der Waals surface area contributed by atoms with Crippen molar-refractivity contribution in [3.63, 3.8) is 0 Å². The van der Waals surface area contributed by atoms with Gasteiger partial charge in [-0.05, 0) is 30.9 Å². The van der Waals surface area contributed by atoms with E-state index in [0.717, 1.165) is 31.9 Å². The SMILES string of the molecule is CCCC1CC(N)CN(c2ccc(F)cc2F)C1. The summed E-state index contributed by atoms with van der Waals surface area (Å²) < 4.78 is 26.7. The molecule has 4 heteroatoms. The van der Waals surface area contributed by atoms with Crippen LogP contribution in [0.15, 0.2) is 18.2 Å². The third kappa shape index (κ3) is 2.99. The molecule has 0 radical (unpaired) electrons. The molecule has 1 saturated heterocycles.